The van der Waals surface area contributed by atoms with Crippen LogP contribution >= 0.6 is 0 Å². The van der Waals surface area contributed by atoms with Gasteiger partial charge in [0.25, 0.3) is 0 Å². The van der Waals surface area contributed by atoms with Crippen LogP contribution in [0.3, 0.4) is 0 Å². The van der Waals surface area contributed by atoms with Crippen LogP contribution in [0.25, 0.3) is 10.9 Å². The van der Waals surface area contributed by atoms with Gasteiger partial charge in [0, 0.05) is 30.4 Å². The highest BCUT2D eigenvalue weighted by atomic mass is 16.2. The lowest BCUT2D eigenvalue weighted by Crippen LogP contribution is -2.29. The van der Waals surface area contributed by atoms with Gasteiger partial charge in [0.05, 0.1) is 17.4 Å². The molecule has 126 valence electrons. The van der Waals surface area contributed by atoms with Crippen LogP contribution in [-0.4, -0.2) is 32.6 Å². The molecular weight excluding hydrogens is 304 g/mol. The van der Waals surface area contributed by atoms with Gasteiger partial charge in [-0.3, -0.25) is 9.78 Å². The number of hydrogen-bond donors (Lipinski definition) is 3. The van der Waals surface area contributed by atoms with Crippen molar-refractivity contribution in [3.05, 3.63) is 41.3 Å². The van der Waals surface area contributed by atoms with E-state index in [0.29, 0.717) is 6.54 Å². The van der Waals surface area contributed by atoms with E-state index in [9.17, 15) is 4.79 Å². The molecule has 7 heteroatoms. The number of carbonyl (C=O) groups excluding carboxylic acids is 1. The number of amides is 2. The van der Waals surface area contributed by atoms with E-state index in [1.54, 1.807) is 10.9 Å². The summed E-state index contributed by atoms with van der Waals surface area (Å²) >= 11 is 0. The molecule has 3 aromatic rings. The molecule has 3 rings (SSSR count). The Kier molecular flexibility index (Phi) is 4.50. The second-order valence-corrected chi connectivity index (χ2v) is 5.94. The highest BCUT2D eigenvalue weighted by molar-refractivity contribution is 5.92. The minimum absolute atomic E-state index is 0.195. The number of carbonyl (C=O) groups is 1. The average Bonchev–Trinajstić information content (AvgIpc) is 3.07. The minimum Gasteiger partial charge on any atom is -0.338 e. The van der Waals surface area contributed by atoms with Crippen LogP contribution < -0.4 is 10.6 Å². The SMILES string of the molecule is Cc1n[nH]c(C)c1CCCNC(=O)Nc1ccc2c(cnn2C)c1. The maximum absolute atomic E-state index is 12.0. The van der Waals surface area contributed by atoms with Gasteiger partial charge in [0.2, 0.25) is 0 Å². The fraction of sp³-hybridized carbons (Fsp3) is 0.353. The number of benzene rings is 1. The Morgan fingerprint density at radius 2 is 2.17 bits per heavy atom. The number of H-pyrrole nitrogens is 1. The second kappa shape index (κ2) is 6.74. The van der Waals surface area contributed by atoms with Crippen LogP contribution in [0.5, 0.6) is 0 Å². The van der Waals surface area contributed by atoms with Crippen LogP contribution in [0.1, 0.15) is 23.4 Å². The van der Waals surface area contributed by atoms with Crippen molar-refractivity contribution in [2.75, 3.05) is 11.9 Å². The molecule has 24 heavy (non-hydrogen) atoms. The van der Waals surface area contributed by atoms with Crippen molar-refractivity contribution in [3.8, 4) is 0 Å². The zero-order valence-electron chi connectivity index (χ0n) is 14.2. The number of fused-ring (bicyclic) bond motifs is 1. The lowest BCUT2D eigenvalue weighted by Gasteiger charge is -2.08. The molecule has 0 spiro atoms. The minimum atomic E-state index is -0.195. The number of rotatable bonds is 5. The molecule has 0 fully saturated rings. The van der Waals surface area contributed by atoms with Gasteiger partial charge < -0.3 is 10.6 Å². The van der Waals surface area contributed by atoms with E-state index in [0.717, 1.165) is 40.8 Å². The molecular formula is C17H22N6O. The number of nitrogens with one attached hydrogen (secondary N) is 3. The monoisotopic (exact) mass is 326 g/mol. The van der Waals surface area contributed by atoms with Gasteiger partial charge in [-0.05, 0) is 50.5 Å². The predicted molar refractivity (Wildman–Crippen MR) is 94.1 cm³/mol. The Bertz CT molecular complexity index is 844. The van der Waals surface area contributed by atoms with Crippen LogP contribution in [0.2, 0.25) is 0 Å². The first kappa shape index (κ1) is 16.0. The van der Waals surface area contributed by atoms with Crippen LogP contribution in [0.15, 0.2) is 24.4 Å². The molecule has 0 bridgehead atoms. The number of anilines is 1. The van der Waals surface area contributed by atoms with E-state index in [2.05, 4.69) is 25.9 Å². The van der Waals surface area contributed by atoms with E-state index >= 15 is 0 Å². The summed E-state index contributed by atoms with van der Waals surface area (Å²) in [6.07, 6.45) is 3.56. The van der Waals surface area contributed by atoms with Gasteiger partial charge in [0.15, 0.2) is 0 Å². The molecule has 0 saturated heterocycles. The summed E-state index contributed by atoms with van der Waals surface area (Å²) in [6, 6.07) is 5.54. The lowest BCUT2D eigenvalue weighted by atomic mass is 10.1. The van der Waals surface area contributed by atoms with Gasteiger partial charge in [0.1, 0.15) is 0 Å². The van der Waals surface area contributed by atoms with Crippen molar-refractivity contribution in [2.45, 2.75) is 26.7 Å². The third-order valence-corrected chi connectivity index (χ3v) is 4.17. The van der Waals surface area contributed by atoms with Crippen molar-refractivity contribution in [3.63, 3.8) is 0 Å². The first-order chi connectivity index (χ1) is 11.5. The molecule has 0 saturated carbocycles. The highest BCUT2D eigenvalue weighted by Gasteiger charge is 2.07. The van der Waals surface area contributed by atoms with Crippen LogP contribution in [0, 0.1) is 13.8 Å². The Hall–Kier alpha value is -2.83. The van der Waals surface area contributed by atoms with E-state index in [1.807, 2.05) is 39.1 Å². The molecule has 3 N–H and O–H groups in total. The molecule has 0 atom stereocenters. The summed E-state index contributed by atoms with van der Waals surface area (Å²) in [5.41, 5.74) is 5.16. The van der Waals surface area contributed by atoms with Gasteiger partial charge in [-0.25, -0.2) is 4.79 Å². The Morgan fingerprint density at radius 3 is 2.92 bits per heavy atom. The summed E-state index contributed by atoms with van der Waals surface area (Å²) in [6.45, 7) is 4.63. The molecule has 0 unspecified atom stereocenters. The molecule has 7 nitrogen and oxygen atoms in total. The third kappa shape index (κ3) is 3.40. The fourth-order valence-electron chi connectivity index (χ4n) is 2.83. The van der Waals surface area contributed by atoms with Crippen LogP contribution in [-0.2, 0) is 13.5 Å². The summed E-state index contributed by atoms with van der Waals surface area (Å²) in [7, 11) is 1.89. The van der Waals surface area contributed by atoms with Gasteiger partial charge in [-0.1, -0.05) is 0 Å². The zero-order chi connectivity index (χ0) is 17.1. The molecule has 0 aliphatic rings. The van der Waals surface area contributed by atoms with Crippen molar-refractivity contribution in [2.24, 2.45) is 7.05 Å². The number of nitrogens with zero attached hydrogens (tertiary/aromatic N) is 3. The summed E-state index contributed by atoms with van der Waals surface area (Å²) in [5, 5.41) is 18.1. The molecule has 2 amide bonds. The number of aryl methyl sites for hydroxylation is 3. The summed E-state index contributed by atoms with van der Waals surface area (Å²) in [5.74, 6) is 0. The maximum atomic E-state index is 12.0. The largest absolute Gasteiger partial charge is 0.338 e. The molecule has 1 aromatic carbocycles. The van der Waals surface area contributed by atoms with Crippen molar-refractivity contribution >= 4 is 22.6 Å². The molecule has 0 aliphatic carbocycles. The second-order valence-electron chi connectivity index (χ2n) is 5.94. The van der Waals surface area contributed by atoms with E-state index < -0.39 is 0 Å². The predicted octanol–water partition coefficient (Wildman–Crippen LogP) is 2.67. The van der Waals surface area contributed by atoms with Crippen molar-refractivity contribution in [1.29, 1.82) is 0 Å². The summed E-state index contributed by atoms with van der Waals surface area (Å²) in [4.78, 5) is 12.0. The standard InChI is InChI=1S/C17H22N6O/c1-11-15(12(2)22-21-11)5-4-8-18-17(24)20-14-6-7-16-13(9-14)10-19-23(16)3/h6-7,9-10H,4-5,8H2,1-3H3,(H,21,22)(H2,18,20,24). The topological polar surface area (TPSA) is 87.6 Å². The number of aromatic nitrogens is 4. The van der Waals surface area contributed by atoms with Gasteiger partial charge in [-0.2, -0.15) is 10.2 Å². The molecule has 0 aliphatic heterocycles. The lowest BCUT2D eigenvalue weighted by molar-refractivity contribution is 0.252. The van der Waals surface area contributed by atoms with E-state index in [-0.39, 0.29) is 6.03 Å². The first-order valence-electron chi connectivity index (χ1n) is 8.01. The van der Waals surface area contributed by atoms with Crippen LogP contribution in [0.4, 0.5) is 10.5 Å². The van der Waals surface area contributed by atoms with Crippen molar-refractivity contribution < 1.29 is 4.79 Å². The fourth-order valence-corrected chi connectivity index (χ4v) is 2.83. The number of aromatic amines is 1. The number of hydrogen-bond acceptors (Lipinski definition) is 3. The summed E-state index contributed by atoms with van der Waals surface area (Å²) < 4.78 is 1.80. The van der Waals surface area contributed by atoms with Gasteiger partial charge >= 0.3 is 6.03 Å². The normalized spacial score (nSPS) is 11.0. The van der Waals surface area contributed by atoms with E-state index in [1.165, 1.54) is 5.56 Å². The smallest absolute Gasteiger partial charge is 0.319 e. The average molecular weight is 326 g/mol. The van der Waals surface area contributed by atoms with Crippen molar-refractivity contribution in [1.82, 2.24) is 25.3 Å². The molecule has 2 heterocycles. The van der Waals surface area contributed by atoms with E-state index in [4.69, 9.17) is 0 Å². The Balaban J connectivity index is 1.48. The van der Waals surface area contributed by atoms with Gasteiger partial charge in [-0.15, -0.1) is 0 Å². The Labute approximate surface area is 140 Å². The zero-order valence-corrected chi connectivity index (χ0v) is 14.2. The third-order valence-electron chi connectivity index (χ3n) is 4.17. The maximum Gasteiger partial charge on any atom is 0.319 e. The first-order valence-corrected chi connectivity index (χ1v) is 8.01. The number of urea groups is 1. The molecule has 2 aromatic heterocycles. The molecule has 0 radical (unpaired) electrons. The highest BCUT2D eigenvalue weighted by Crippen LogP contribution is 2.18. The Morgan fingerprint density at radius 1 is 1.33 bits per heavy atom. The quantitative estimate of drug-likeness (QED) is 0.630.